The van der Waals surface area contributed by atoms with Crippen molar-refractivity contribution in [2.24, 2.45) is 0 Å². The number of nitrogens with one attached hydrogen (secondary N) is 1. The average Bonchev–Trinajstić information content (AvgIpc) is 3.56. The van der Waals surface area contributed by atoms with Crippen LogP contribution in [0.25, 0.3) is 11.4 Å². The molecule has 10 nitrogen and oxygen atoms in total. The molecular weight excluding hydrogens is 567 g/mol. The van der Waals surface area contributed by atoms with Crippen molar-refractivity contribution < 1.29 is 19.1 Å². The van der Waals surface area contributed by atoms with Crippen molar-refractivity contribution in [1.82, 2.24) is 19.5 Å². The van der Waals surface area contributed by atoms with Gasteiger partial charge in [0.1, 0.15) is 5.82 Å². The quantitative estimate of drug-likeness (QED) is 0.307. The normalized spacial score (nSPS) is 17.3. The lowest BCUT2D eigenvalue weighted by Crippen LogP contribution is -2.51. The first kappa shape index (κ1) is 27.0. The van der Waals surface area contributed by atoms with Gasteiger partial charge in [-0.05, 0) is 50.1 Å². The number of rotatable bonds is 6. The molecule has 4 heterocycles. The lowest BCUT2D eigenvalue weighted by atomic mass is 9.86. The van der Waals surface area contributed by atoms with Gasteiger partial charge in [-0.3, -0.25) is 14.5 Å². The van der Waals surface area contributed by atoms with Crippen molar-refractivity contribution in [2.45, 2.75) is 38.8 Å². The summed E-state index contributed by atoms with van der Waals surface area (Å²) in [5.74, 6) is -0.250. The molecule has 0 saturated heterocycles. The number of fused-ring (bicyclic) bond motifs is 4. The van der Waals surface area contributed by atoms with Crippen LogP contribution in [0, 0.1) is 0 Å². The van der Waals surface area contributed by atoms with E-state index in [0.717, 1.165) is 5.56 Å². The Kier molecular flexibility index (Phi) is 6.43. The molecule has 1 unspecified atom stereocenters. The van der Waals surface area contributed by atoms with Crippen LogP contribution >= 0.6 is 23.2 Å². The molecule has 1 atom stereocenters. The van der Waals surface area contributed by atoms with E-state index in [2.05, 4.69) is 15.3 Å². The maximum Gasteiger partial charge on any atom is 0.319 e. The van der Waals surface area contributed by atoms with Crippen LogP contribution in [0.2, 0.25) is 10.0 Å². The third-order valence-corrected chi connectivity index (χ3v) is 7.95. The second kappa shape index (κ2) is 9.74. The first-order valence-electron chi connectivity index (χ1n) is 13.0. The highest BCUT2D eigenvalue weighted by Crippen LogP contribution is 2.55. The lowest BCUT2D eigenvalue weighted by Gasteiger charge is -2.36. The largest absolute Gasteiger partial charge is 0.480 e. The van der Waals surface area contributed by atoms with Gasteiger partial charge in [0.05, 0.1) is 31.2 Å². The van der Waals surface area contributed by atoms with Crippen LogP contribution in [0.1, 0.15) is 54.1 Å². The zero-order chi connectivity index (χ0) is 29.2. The minimum Gasteiger partial charge on any atom is -0.480 e. The number of benzene rings is 2. The number of nitrogens with zero attached hydrogens (tertiary/aromatic N) is 5. The van der Waals surface area contributed by atoms with E-state index < -0.39 is 17.4 Å². The van der Waals surface area contributed by atoms with Gasteiger partial charge in [-0.25, -0.2) is 9.97 Å². The molecule has 0 bridgehead atoms. The molecule has 2 aliphatic rings. The number of carbonyl (C=O) groups is 2. The fourth-order valence-corrected chi connectivity index (χ4v) is 6.14. The molecule has 210 valence electrons. The van der Waals surface area contributed by atoms with Gasteiger partial charge >= 0.3 is 6.01 Å². The molecule has 2 aromatic carbocycles. The van der Waals surface area contributed by atoms with Gasteiger partial charge in [0.25, 0.3) is 11.8 Å². The Morgan fingerprint density at radius 2 is 1.76 bits per heavy atom. The molecule has 4 aromatic rings. The Labute approximate surface area is 246 Å². The summed E-state index contributed by atoms with van der Waals surface area (Å²) in [6, 6.07) is 10.4. The summed E-state index contributed by atoms with van der Waals surface area (Å²) < 4.78 is 12.6. The fourth-order valence-electron chi connectivity index (χ4n) is 5.80. The second-order valence-electron chi connectivity index (χ2n) is 10.00. The highest BCUT2D eigenvalue weighted by Gasteiger charge is 2.64. The highest BCUT2D eigenvalue weighted by molar-refractivity contribution is 6.32. The molecule has 6 rings (SSSR count). The Bertz CT molecular complexity index is 1750. The number of hydrogen-bond acceptors (Lipinski definition) is 7. The van der Waals surface area contributed by atoms with Crippen molar-refractivity contribution in [2.75, 3.05) is 24.4 Å². The van der Waals surface area contributed by atoms with Crippen LogP contribution in [0.4, 0.5) is 11.4 Å². The van der Waals surface area contributed by atoms with Crippen LogP contribution in [-0.4, -0.2) is 45.6 Å². The molecule has 2 aromatic heterocycles. The van der Waals surface area contributed by atoms with Crippen LogP contribution in [-0.2, 0) is 16.8 Å². The van der Waals surface area contributed by atoms with Crippen LogP contribution in [0.3, 0.4) is 0 Å². The Balaban J connectivity index is 1.73. The Morgan fingerprint density at radius 3 is 2.44 bits per heavy atom. The van der Waals surface area contributed by atoms with Crippen LogP contribution < -0.4 is 19.7 Å². The van der Waals surface area contributed by atoms with Crippen molar-refractivity contribution >= 4 is 46.4 Å². The van der Waals surface area contributed by atoms with Crippen molar-refractivity contribution in [1.29, 1.82) is 0 Å². The smallest absolute Gasteiger partial charge is 0.319 e. The molecule has 2 aliphatic heterocycles. The molecular formula is C29H26Cl2N6O4. The van der Waals surface area contributed by atoms with Gasteiger partial charge in [0, 0.05) is 33.5 Å². The first-order valence-corrected chi connectivity index (χ1v) is 13.7. The maximum atomic E-state index is 14.6. The predicted molar refractivity (Wildman–Crippen MR) is 155 cm³/mol. The zero-order valence-electron chi connectivity index (χ0n) is 23.0. The lowest BCUT2D eigenvalue weighted by molar-refractivity contribution is -0.119. The molecule has 2 amide bonds. The SMILES string of the molecule is CCc1ccc(Cl)cc1N1C(=O)c2nc(-c3cnc(OC)nc3OC)n(C(C)C)c2C12C(=O)Nc1cc(Cl)ccc12. The van der Waals surface area contributed by atoms with Crippen molar-refractivity contribution in [3.63, 3.8) is 0 Å². The second-order valence-corrected chi connectivity index (χ2v) is 10.9. The number of imidazole rings is 1. The van der Waals surface area contributed by atoms with Crippen LogP contribution in [0.5, 0.6) is 11.9 Å². The van der Waals surface area contributed by atoms with E-state index in [1.807, 2.05) is 31.4 Å². The topological polar surface area (TPSA) is 111 Å². The average molecular weight is 593 g/mol. The highest BCUT2D eigenvalue weighted by atomic mass is 35.5. The molecule has 0 saturated carbocycles. The standard InChI is InChI=1S/C29H26Cl2N6O4/c1-6-15-7-8-17(31)12-21(15)37-26(38)22-23(29(37)19-10-9-16(30)11-20(19)33-27(29)39)36(14(2)3)24(34-22)18-13-32-28(41-5)35-25(18)40-4/h7-14H,6H2,1-5H3,(H,33,39). The van der Waals surface area contributed by atoms with Gasteiger partial charge in [0.15, 0.2) is 11.2 Å². The summed E-state index contributed by atoms with van der Waals surface area (Å²) in [5.41, 5.74) is 1.86. The number of ether oxygens (including phenoxy) is 2. The molecule has 1 N–H and O–H groups in total. The van der Waals surface area contributed by atoms with Gasteiger partial charge < -0.3 is 19.4 Å². The number of anilines is 2. The molecule has 41 heavy (non-hydrogen) atoms. The summed E-state index contributed by atoms with van der Waals surface area (Å²) in [5, 5.41) is 3.87. The number of amides is 2. The van der Waals surface area contributed by atoms with Gasteiger partial charge in [-0.15, -0.1) is 0 Å². The first-order chi connectivity index (χ1) is 19.7. The summed E-state index contributed by atoms with van der Waals surface area (Å²) in [7, 11) is 2.93. The number of aryl methyl sites for hydroxylation is 1. The minimum atomic E-state index is -1.60. The fraction of sp³-hybridized carbons (Fsp3) is 0.276. The third-order valence-electron chi connectivity index (χ3n) is 7.48. The van der Waals surface area contributed by atoms with E-state index in [-0.39, 0.29) is 23.6 Å². The Hall–Kier alpha value is -4.15. The summed E-state index contributed by atoms with van der Waals surface area (Å²) in [4.78, 5) is 43.9. The minimum absolute atomic E-state index is 0.119. The molecule has 12 heteroatoms. The number of aromatic nitrogens is 4. The summed E-state index contributed by atoms with van der Waals surface area (Å²) in [6.45, 7) is 5.89. The predicted octanol–water partition coefficient (Wildman–Crippen LogP) is 5.66. The van der Waals surface area contributed by atoms with Gasteiger partial charge in [0.2, 0.25) is 5.88 Å². The van der Waals surface area contributed by atoms with E-state index in [4.69, 9.17) is 37.7 Å². The zero-order valence-corrected chi connectivity index (χ0v) is 24.5. The number of methoxy groups -OCH3 is 2. The third kappa shape index (κ3) is 3.74. The van der Waals surface area contributed by atoms with Crippen molar-refractivity contribution in [3.05, 3.63) is 75.2 Å². The monoisotopic (exact) mass is 592 g/mol. The summed E-state index contributed by atoms with van der Waals surface area (Å²) >= 11 is 12.8. The van der Waals surface area contributed by atoms with E-state index in [1.165, 1.54) is 25.3 Å². The molecule has 0 aliphatic carbocycles. The molecule has 1 spiro atoms. The summed E-state index contributed by atoms with van der Waals surface area (Å²) in [6.07, 6.45) is 2.14. The van der Waals surface area contributed by atoms with Gasteiger partial charge in [-0.1, -0.05) is 42.3 Å². The Morgan fingerprint density at radius 1 is 1.02 bits per heavy atom. The number of hydrogen-bond donors (Lipinski definition) is 1. The maximum absolute atomic E-state index is 14.6. The van der Waals surface area contributed by atoms with E-state index in [1.54, 1.807) is 30.3 Å². The van der Waals surface area contributed by atoms with E-state index >= 15 is 0 Å². The number of carbonyl (C=O) groups excluding carboxylic acids is 2. The van der Waals surface area contributed by atoms with E-state index in [0.29, 0.717) is 50.5 Å². The van der Waals surface area contributed by atoms with E-state index in [9.17, 15) is 9.59 Å². The van der Waals surface area contributed by atoms with Crippen molar-refractivity contribution in [3.8, 4) is 23.3 Å². The van der Waals surface area contributed by atoms with Gasteiger partial charge in [-0.2, -0.15) is 4.98 Å². The van der Waals surface area contributed by atoms with Crippen LogP contribution in [0.15, 0.2) is 42.6 Å². The molecule has 0 radical (unpaired) electrons. The molecule has 0 fully saturated rings. The number of halogens is 2.